The first-order valence-corrected chi connectivity index (χ1v) is 8.35. The van der Waals surface area contributed by atoms with E-state index in [0.717, 1.165) is 5.56 Å². The van der Waals surface area contributed by atoms with Gasteiger partial charge in [0.05, 0.1) is 24.4 Å². The van der Waals surface area contributed by atoms with Gasteiger partial charge < -0.3 is 14.9 Å². The Morgan fingerprint density at radius 3 is 2.81 bits per heavy atom. The molecule has 8 nitrogen and oxygen atoms in total. The number of nitrogens with two attached hydrogens (primary N) is 1. The predicted molar refractivity (Wildman–Crippen MR) is 92.7 cm³/mol. The van der Waals surface area contributed by atoms with Gasteiger partial charge >= 0.3 is 5.97 Å². The Hall–Kier alpha value is -3.29. The number of rotatable bonds is 5. The van der Waals surface area contributed by atoms with Crippen LogP contribution in [0.15, 0.2) is 40.9 Å². The van der Waals surface area contributed by atoms with Crippen LogP contribution in [0.25, 0.3) is 23.0 Å². The molecule has 2 aromatic heterocycles. The first kappa shape index (κ1) is 16.2. The van der Waals surface area contributed by atoms with Gasteiger partial charge in [-0.1, -0.05) is 18.2 Å². The second-order valence-electron chi connectivity index (χ2n) is 6.01. The lowest BCUT2D eigenvalue weighted by Gasteiger charge is -2.04. The minimum Gasteiger partial charge on any atom is -0.466 e. The predicted octanol–water partition coefficient (Wildman–Crippen LogP) is 2.44. The molecule has 0 bridgehead atoms. The van der Waals surface area contributed by atoms with E-state index in [4.69, 9.17) is 14.9 Å². The number of carbonyl (C=O) groups is 1. The Balaban J connectivity index is 1.60. The van der Waals surface area contributed by atoms with Crippen molar-refractivity contribution in [1.29, 1.82) is 0 Å². The van der Waals surface area contributed by atoms with E-state index in [0.29, 0.717) is 30.3 Å². The Bertz CT molecular complexity index is 941. The molecule has 1 aliphatic rings. The molecule has 2 heterocycles. The van der Waals surface area contributed by atoms with Crippen molar-refractivity contribution in [1.82, 2.24) is 20.2 Å². The van der Waals surface area contributed by atoms with Crippen molar-refractivity contribution in [2.24, 2.45) is 5.92 Å². The fraction of sp³-hybridized carbons (Fsp3) is 0.278. The number of benzene rings is 1. The highest BCUT2D eigenvalue weighted by Gasteiger charge is 2.46. The van der Waals surface area contributed by atoms with E-state index in [1.165, 1.54) is 0 Å². The van der Waals surface area contributed by atoms with Crippen molar-refractivity contribution in [2.45, 2.75) is 19.3 Å². The van der Waals surface area contributed by atoms with Gasteiger partial charge in [0.15, 0.2) is 11.5 Å². The third kappa shape index (κ3) is 3.01. The van der Waals surface area contributed by atoms with Crippen LogP contribution >= 0.6 is 0 Å². The number of ether oxygens (including phenoxy) is 1. The van der Waals surface area contributed by atoms with Gasteiger partial charge in [0.1, 0.15) is 0 Å². The van der Waals surface area contributed by atoms with Gasteiger partial charge in [-0.25, -0.2) is 9.97 Å². The summed E-state index contributed by atoms with van der Waals surface area (Å²) in [5, 5.41) is 8.08. The number of hydrogen-bond acceptors (Lipinski definition) is 8. The molecule has 4 rings (SSSR count). The van der Waals surface area contributed by atoms with Crippen LogP contribution in [0.5, 0.6) is 0 Å². The Kier molecular flexibility index (Phi) is 4.08. The highest BCUT2D eigenvalue weighted by molar-refractivity contribution is 5.77. The normalized spacial score (nSPS) is 18.5. The summed E-state index contributed by atoms with van der Waals surface area (Å²) in [6, 6.07) is 9.42. The van der Waals surface area contributed by atoms with Crippen molar-refractivity contribution in [3.63, 3.8) is 0 Å². The molecule has 0 unspecified atom stereocenters. The number of nitrogens with zero attached hydrogens (tertiary/aromatic N) is 4. The maximum Gasteiger partial charge on any atom is 0.309 e. The maximum absolute atomic E-state index is 11.8. The molecule has 3 aromatic rings. The van der Waals surface area contributed by atoms with E-state index >= 15 is 0 Å². The number of nitrogen functional groups attached to an aromatic ring is 1. The minimum atomic E-state index is -0.207. The SMILES string of the molecule is CCOC(=O)[C@H]1C[C@H]1c1cnc(N)c(-c2nnc(-c3ccccc3)o2)n1. The summed E-state index contributed by atoms with van der Waals surface area (Å²) < 4.78 is 10.8. The molecule has 132 valence electrons. The van der Waals surface area contributed by atoms with E-state index in [1.807, 2.05) is 30.3 Å². The summed E-state index contributed by atoms with van der Waals surface area (Å²) in [5.41, 5.74) is 7.74. The van der Waals surface area contributed by atoms with Crippen molar-refractivity contribution >= 4 is 11.8 Å². The number of carbonyl (C=O) groups excluding carboxylic acids is 1. The van der Waals surface area contributed by atoms with E-state index in [-0.39, 0.29) is 29.5 Å². The molecular weight excluding hydrogens is 334 g/mol. The highest BCUT2D eigenvalue weighted by Crippen LogP contribution is 2.47. The zero-order chi connectivity index (χ0) is 18.1. The number of anilines is 1. The Labute approximate surface area is 149 Å². The zero-order valence-corrected chi connectivity index (χ0v) is 14.1. The Morgan fingerprint density at radius 2 is 2.04 bits per heavy atom. The van der Waals surface area contributed by atoms with Gasteiger partial charge in [-0.2, -0.15) is 0 Å². The molecule has 1 saturated carbocycles. The first-order valence-electron chi connectivity index (χ1n) is 8.35. The summed E-state index contributed by atoms with van der Waals surface area (Å²) in [6.07, 6.45) is 2.27. The topological polar surface area (TPSA) is 117 Å². The van der Waals surface area contributed by atoms with Crippen LogP contribution in [0.3, 0.4) is 0 Å². The van der Waals surface area contributed by atoms with Crippen LogP contribution in [0.2, 0.25) is 0 Å². The molecule has 1 aliphatic carbocycles. The fourth-order valence-electron chi connectivity index (χ4n) is 2.80. The quantitative estimate of drug-likeness (QED) is 0.697. The molecule has 0 spiro atoms. The van der Waals surface area contributed by atoms with Crippen molar-refractivity contribution in [2.75, 3.05) is 12.3 Å². The molecule has 8 heteroatoms. The second-order valence-corrected chi connectivity index (χ2v) is 6.01. The first-order chi connectivity index (χ1) is 12.7. The fourth-order valence-corrected chi connectivity index (χ4v) is 2.80. The highest BCUT2D eigenvalue weighted by atomic mass is 16.5. The van der Waals surface area contributed by atoms with E-state index in [1.54, 1.807) is 13.1 Å². The molecule has 2 atom stereocenters. The Morgan fingerprint density at radius 1 is 1.27 bits per heavy atom. The summed E-state index contributed by atoms with van der Waals surface area (Å²) >= 11 is 0. The monoisotopic (exact) mass is 351 g/mol. The number of aromatic nitrogens is 4. The number of hydrogen-bond donors (Lipinski definition) is 1. The summed E-state index contributed by atoms with van der Waals surface area (Å²) in [5.74, 6) is 0.375. The number of esters is 1. The third-order valence-corrected chi connectivity index (χ3v) is 4.23. The molecule has 0 radical (unpaired) electrons. The smallest absolute Gasteiger partial charge is 0.309 e. The summed E-state index contributed by atoms with van der Waals surface area (Å²) in [4.78, 5) is 20.5. The van der Waals surface area contributed by atoms with Gasteiger partial charge in [0, 0.05) is 11.5 Å². The molecule has 0 saturated heterocycles. The van der Waals surface area contributed by atoms with Gasteiger partial charge in [0.2, 0.25) is 5.89 Å². The van der Waals surface area contributed by atoms with Crippen LogP contribution in [-0.2, 0) is 9.53 Å². The van der Waals surface area contributed by atoms with Crippen LogP contribution in [-0.4, -0.2) is 32.7 Å². The van der Waals surface area contributed by atoms with Crippen LogP contribution in [0.1, 0.15) is 25.0 Å². The van der Waals surface area contributed by atoms with Crippen LogP contribution in [0.4, 0.5) is 5.82 Å². The molecule has 1 aromatic carbocycles. The van der Waals surface area contributed by atoms with Crippen molar-refractivity contribution in [3.8, 4) is 23.0 Å². The molecule has 1 fully saturated rings. The van der Waals surface area contributed by atoms with Crippen LogP contribution in [0, 0.1) is 5.92 Å². The lowest BCUT2D eigenvalue weighted by molar-refractivity contribution is -0.144. The average Bonchev–Trinajstić information content (AvgIpc) is 3.32. The van der Waals surface area contributed by atoms with Crippen molar-refractivity contribution in [3.05, 3.63) is 42.2 Å². The molecule has 26 heavy (non-hydrogen) atoms. The van der Waals surface area contributed by atoms with Gasteiger partial charge in [-0.05, 0) is 25.5 Å². The lowest BCUT2D eigenvalue weighted by atomic mass is 10.2. The molecular formula is C18H17N5O3. The second kappa shape index (κ2) is 6.55. The average molecular weight is 351 g/mol. The van der Waals surface area contributed by atoms with Gasteiger partial charge in [-0.3, -0.25) is 4.79 Å². The van der Waals surface area contributed by atoms with Gasteiger partial charge in [0.25, 0.3) is 5.89 Å². The van der Waals surface area contributed by atoms with E-state index < -0.39 is 0 Å². The maximum atomic E-state index is 11.8. The summed E-state index contributed by atoms with van der Waals surface area (Å²) in [7, 11) is 0. The third-order valence-electron chi connectivity index (χ3n) is 4.23. The van der Waals surface area contributed by atoms with E-state index in [9.17, 15) is 4.79 Å². The molecule has 0 amide bonds. The molecule has 2 N–H and O–H groups in total. The van der Waals surface area contributed by atoms with Crippen LogP contribution < -0.4 is 5.73 Å². The van der Waals surface area contributed by atoms with E-state index in [2.05, 4.69) is 20.2 Å². The standard InChI is InChI=1S/C18H17N5O3/c1-2-25-18(24)12-8-11(12)13-9-20-15(19)14(21-13)17-23-22-16(26-17)10-6-4-3-5-7-10/h3-7,9,11-12H,2,8H2,1H3,(H2,19,20)/t11-,12+/m1/s1. The minimum absolute atomic E-state index is 0.0163. The summed E-state index contributed by atoms with van der Waals surface area (Å²) in [6.45, 7) is 2.15. The lowest BCUT2D eigenvalue weighted by Crippen LogP contribution is -2.08. The van der Waals surface area contributed by atoms with Crippen molar-refractivity contribution < 1.29 is 13.9 Å². The zero-order valence-electron chi connectivity index (χ0n) is 14.1. The molecule has 0 aliphatic heterocycles. The largest absolute Gasteiger partial charge is 0.466 e. The van der Waals surface area contributed by atoms with Gasteiger partial charge in [-0.15, -0.1) is 10.2 Å².